The third kappa shape index (κ3) is 3.51. The molecule has 1 aromatic heterocycles. The average molecular weight is 251 g/mol. The smallest absolute Gasteiger partial charge is 0.315 e. The molecule has 1 atom stereocenters. The predicted octanol–water partition coefficient (Wildman–Crippen LogP) is 0.747. The van der Waals surface area contributed by atoms with Gasteiger partial charge in [0.2, 0.25) is 5.91 Å². The normalized spacial score (nSPS) is 19.8. The molecule has 2 rings (SSSR count). The SMILES string of the molecule is O=C(NCc1ccoc1)N[C@H]1CCCCNC1=O. The molecule has 3 N–H and O–H groups in total. The Hall–Kier alpha value is -1.98. The van der Waals surface area contributed by atoms with Crippen LogP contribution >= 0.6 is 0 Å². The largest absolute Gasteiger partial charge is 0.472 e. The van der Waals surface area contributed by atoms with Crippen LogP contribution in [0.1, 0.15) is 24.8 Å². The van der Waals surface area contributed by atoms with Gasteiger partial charge in [0.25, 0.3) is 0 Å². The van der Waals surface area contributed by atoms with Crippen molar-refractivity contribution in [2.45, 2.75) is 31.8 Å². The van der Waals surface area contributed by atoms with Gasteiger partial charge in [0.15, 0.2) is 0 Å². The highest BCUT2D eigenvalue weighted by Gasteiger charge is 2.21. The molecular formula is C12H17N3O3. The van der Waals surface area contributed by atoms with Gasteiger partial charge in [0.1, 0.15) is 6.04 Å². The van der Waals surface area contributed by atoms with Crippen LogP contribution in [0.25, 0.3) is 0 Å². The van der Waals surface area contributed by atoms with E-state index in [2.05, 4.69) is 16.0 Å². The van der Waals surface area contributed by atoms with Crippen molar-refractivity contribution in [3.8, 4) is 0 Å². The maximum atomic E-state index is 11.6. The zero-order valence-electron chi connectivity index (χ0n) is 10.1. The summed E-state index contributed by atoms with van der Waals surface area (Å²) in [6.45, 7) is 1.07. The maximum Gasteiger partial charge on any atom is 0.315 e. The summed E-state index contributed by atoms with van der Waals surface area (Å²) in [6, 6.07) is 1.01. The Balaban J connectivity index is 1.77. The number of nitrogens with one attached hydrogen (secondary N) is 3. The van der Waals surface area contributed by atoms with Gasteiger partial charge < -0.3 is 20.4 Å². The van der Waals surface area contributed by atoms with E-state index in [1.807, 2.05) is 0 Å². The molecule has 1 fully saturated rings. The van der Waals surface area contributed by atoms with E-state index < -0.39 is 6.04 Å². The van der Waals surface area contributed by atoms with E-state index >= 15 is 0 Å². The van der Waals surface area contributed by atoms with Crippen LogP contribution in [-0.2, 0) is 11.3 Å². The number of hydrogen-bond donors (Lipinski definition) is 3. The molecule has 3 amide bonds. The first-order valence-corrected chi connectivity index (χ1v) is 6.09. The van der Waals surface area contributed by atoms with Gasteiger partial charge in [-0.15, -0.1) is 0 Å². The van der Waals surface area contributed by atoms with E-state index in [0.717, 1.165) is 18.4 Å². The van der Waals surface area contributed by atoms with Crippen LogP contribution in [0.4, 0.5) is 4.79 Å². The number of carbonyl (C=O) groups is 2. The highest BCUT2D eigenvalue weighted by atomic mass is 16.3. The summed E-state index contributed by atoms with van der Waals surface area (Å²) in [7, 11) is 0. The van der Waals surface area contributed by atoms with Crippen molar-refractivity contribution in [2.24, 2.45) is 0 Å². The zero-order valence-corrected chi connectivity index (χ0v) is 10.1. The topological polar surface area (TPSA) is 83.4 Å². The third-order valence-electron chi connectivity index (χ3n) is 2.87. The number of carbonyl (C=O) groups excluding carboxylic acids is 2. The molecule has 6 heteroatoms. The molecule has 0 bridgehead atoms. The monoisotopic (exact) mass is 251 g/mol. The Bertz CT molecular complexity index is 403. The quantitative estimate of drug-likeness (QED) is 0.741. The molecule has 1 aliphatic heterocycles. The van der Waals surface area contributed by atoms with Crippen LogP contribution < -0.4 is 16.0 Å². The Kier molecular flexibility index (Phi) is 4.22. The molecule has 2 heterocycles. The molecule has 0 aliphatic carbocycles. The minimum atomic E-state index is -0.433. The van der Waals surface area contributed by atoms with Crippen LogP contribution in [0.2, 0.25) is 0 Å². The summed E-state index contributed by atoms with van der Waals surface area (Å²) in [5.74, 6) is -0.106. The standard InChI is InChI=1S/C12H17N3O3/c16-11-10(3-1-2-5-13-11)15-12(17)14-7-9-4-6-18-8-9/h4,6,8,10H,1-3,5,7H2,(H,13,16)(H2,14,15,17)/t10-/m0/s1. The fourth-order valence-corrected chi connectivity index (χ4v) is 1.86. The van der Waals surface area contributed by atoms with Crippen molar-refractivity contribution in [2.75, 3.05) is 6.54 Å². The number of rotatable bonds is 3. The molecule has 0 radical (unpaired) electrons. The van der Waals surface area contributed by atoms with Gasteiger partial charge in [-0.2, -0.15) is 0 Å². The summed E-state index contributed by atoms with van der Waals surface area (Å²) in [6.07, 6.45) is 5.70. The lowest BCUT2D eigenvalue weighted by Crippen LogP contribution is -2.48. The fraction of sp³-hybridized carbons (Fsp3) is 0.500. The van der Waals surface area contributed by atoms with Gasteiger partial charge in [-0.1, -0.05) is 0 Å². The van der Waals surface area contributed by atoms with Crippen LogP contribution in [0.15, 0.2) is 23.0 Å². The predicted molar refractivity (Wildman–Crippen MR) is 64.7 cm³/mol. The van der Waals surface area contributed by atoms with E-state index in [-0.39, 0.29) is 11.9 Å². The Morgan fingerprint density at radius 1 is 1.50 bits per heavy atom. The second-order valence-electron chi connectivity index (χ2n) is 4.30. The number of furan rings is 1. The molecule has 0 spiro atoms. The molecule has 1 aromatic rings. The first-order valence-electron chi connectivity index (χ1n) is 6.09. The van der Waals surface area contributed by atoms with Gasteiger partial charge in [-0.25, -0.2) is 4.79 Å². The lowest BCUT2D eigenvalue weighted by Gasteiger charge is -2.15. The van der Waals surface area contributed by atoms with E-state index in [4.69, 9.17) is 4.42 Å². The van der Waals surface area contributed by atoms with Crippen LogP contribution in [0.5, 0.6) is 0 Å². The maximum absolute atomic E-state index is 11.6. The molecule has 0 saturated carbocycles. The molecule has 98 valence electrons. The van der Waals surface area contributed by atoms with Crippen molar-refractivity contribution in [3.63, 3.8) is 0 Å². The van der Waals surface area contributed by atoms with Crippen molar-refractivity contribution < 1.29 is 14.0 Å². The first-order chi connectivity index (χ1) is 8.75. The van der Waals surface area contributed by atoms with Crippen LogP contribution in [-0.4, -0.2) is 24.5 Å². The lowest BCUT2D eigenvalue weighted by molar-refractivity contribution is -0.122. The molecule has 0 aromatic carbocycles. The van der Waals surface area contributed by atoms with Gasteiger partial charge in [-0.3, -0.25) is 4.79 Å². The van der Waals surface area contributed by atoms with Crippen LogP contribution in [0, 0.1) is 0 Å². The Morgan fingerprint density at radius 3 is 3.17 bits per heavy atom. The summed E-state index contributed by atoms with van der Waals surface area (Å²) < 4.78 is 4.89. The highest BCUT2D eigenvalue weighted by molar-refractivity contribution is 5.87. The van der Waals surface area contributed by atoms with E-state index in [9.17, 15) is 9.59 Å². The van der Waals surface area contributed by atoms with Crippen LogP contribution in [0.3, 0.4) is 0 Å². The third-order valence-corrected chi connectivity index (χ3v) is 2.87. The summed E-state index contributed by atoms with van der Waals surface area (Å²) in [5, 5.41) is 8.13. The number of amides is 3. The van der Waals surface area contributed by atoms with E-state index in [1.54, 1.807) is 18.6 Å². The summed E-state index contributed by atoms with van der Waals surface area (Å²) >= 11 is 0. The Morgan fingerprint density at radius 2 is 2.39 bits per heavy atom. The highest BCUT2D eigenvalue weighted by Crippen LogP contribution is 2.05. The second kappa shape index (κ2) is 6.09. The molecule has 6 nitrogen and oxygen atoms in total. The molecule has 1 aliphatic rings. The minimum absolute atomic E-state index is 0.106. The molecule has 1 saturated heterocycles. The van der Waals surface area contributed by atoms with Gasteiger partial charge in [0.05, 0.1) is 12.5 Å². The van der Waals surface area contributed by atoms with E-state index in [0.29, 0.717) is 19.5 Å². The fourth-order valence-electron chi connectivity index (χ4n) is 1.86. The summed E-state index contributed by atoms with van der Waals surface area (Å²) in [5.41, 5.74) is 0.885. The van der Waals surface area contributed by atoms with Crippen molar-refractivity contribution in [3.05, 3.63) is 24.2 Å². The Labute approximate surface area is 105 Å². The molecular weight excluding hydrogens is 234 g/mol. The van der Waals surface area contributed by atoms with Crippen molar-refractivity contribution in [1.82, 2.24) is 16.0 Å². The summed E-state index contributed by atoms with van der Waals surface area (Å²) in [4.78, 5) is 23.2. The molecule has 0 unspecified atom stereocenters. The van der Waals surface area contributed by atoms with Gasteiger partial charge >= 0.3 is 6.03 Å². The van der Waals surface area contributed by atoms with Gasteiger partial charge in [0, 0.05) is 18.7 Å². The molecule has 18 heavy (non-hydrogen) atoms. The average Bonchev–Trinajstić information content (AvgIpc) is 2.80. The van der Waals surface area contributed by atoms with Crippen molar-refractivity contribution in [1.29, 1.82) is 0 Å². The second-order valence-corrected chi connectivity index (χ2v) is 4.30. The van der Waals surface area contributed by atoms with Gasteiger partial charge in [-0.05, 0) is 25.3 Å². The van der Waals surface area contributed by atoms with Crippen molar-refractivity contribution >= 4 is 11.9 Å². The first kappa shape index (κ1) is 12.5. The minimum Gasteiger partial charge on any atom is -0.472 e. The number of hydrogen-bond acceptors (Lipinski definition) is 3. The number of urea groups is 1. The zero-order chi connectivity index (χ0) is 12.8. The van der Waals surface area contributed by atoms with E-state index in [1.165, 1.54) is 0 Å². The lowest BCUT2D eigenvalue weighted by atomic mass is 10.1.